The number of aliphatic hydroxyl groups excluding tert-OH is 2. The standard InChI is InChI=1S/C15H22FN3O6.C4H8O2/c1-3-4-5-6-24-15(23)18-12-9(16)7-19(14(22)17-12)13-11(21)10(20)8(2)25-13;1-3-6-4(2)5/h7-8,10-11,13,20-21H,3-6H2,1-2H3,(H,17,18,22,23);3H2,1-2H3/t8-,10-,11-,13-;/m1./s1. The number of unbranched alkanes of at least 4 members (excludes halogenated alkanes) is 2. The first-order chi connectivity index (χ1) is 14.6. The third-order valence-electron chi connectivity index (χ3n) is 4.21. The van der Waals surface area contributed by atoms with E-state index in [1.165, 1.54) is 13.8 Å². The van der Waals surface area contributed by atoms with Gasteiger partial charge in [-0.1, -0.05) is 19.8 Å². The maximum atomic E-state index is 14.1. The van der Waals surface area contributed by atoms with E-state index in [9.17, 15) is 29.0 Å². The van der Waals surface area contributed by atoms with Crippen LogP contribution in [-0.4, -0.2) is 63.4 Å². The lowest BCUT2D eigenvalue weighted by atomic mass is 10.1. The Bertz CT molecular complexity index is 788. The summed E-state index contributed by atoms with van der Waals surface area (Å²) < 4.78 is 29.3. The number of halogens is 1. The van der Waals surface area contributed by atoms with E-state index in [1.807, 2.05) is 6.92 Å². The summed E-state index contributed by atoms with van der Waals surface area (Å²) in [6.07, 6.45) is -2.25. The van der Waals surface area contributed by atoms with Crippen molar-refractivity contribution in [3.05, 3.63) is 22.5 Å². The molecule has 0 radical (unpaired) electrons. The second-order valence-corrected chi connectivity index (χ2v) is 6.73. The molecule has 1 aliphatic rings. The number of hydrogen-bond donors (Lipinski definition) is 3. The molecule has 1 aliphatic heterocycles. The molecular formula is C19H30FN3O8. The predicted octanol–water partition coefficient (Wildman–Crippen LogP) is 1.33. The van der Waals surface area contributed by atoms with Crippen LogP contribution in [0, 0.1) is 5.82 Å². The van der Waals surface area contributed by atoms with Crippen LogP contribution < -0.4 is 11.0 Å². The van der Waals surface area contributed by atoms with Crippen LogP contribution >= 0.6 is 0 Å². The van der Waals surface area contributed by atoms with Crippen LogP contribution in [0.15, 0.2) is 11.0 Å². The van der Waals surface area contributed by atoms with E-state index >= 15 is 0 Å². The fourth-order valence-corrected chi connectivity index (χ4v) is 2.63. The van der Waals surface area contributed by atoms with Crippen molar-refractivity contribution in [2.75, 3.05) is 18.5 Å². The summed E-state index contributed by atoms with van der Waals surface area (Å²) in [7, 11) is 0. The molecule has 1 aromatic heterocycles. The average molecular weight is 447 g/mol. The summed E-state index contributed by atoms with van der Waals surface area (Å²) in [5, 5.41) is 21.6. The molecule has 1 amide bonds. The lowest BCUT2D eigenvalue weighted by Gasteiger charge is -2.17. The van der Waals surface area contributed by atoms with Gasteiger partial charge in [-0.25, -0.2) is 14.0 Å². The number of esters is 1. The number of carbonyl (C=O) groups excluding carboxylic acids is 2. The largest absolute Gasteiger partial charge is 0.466 e. The van der Waals surface area contributed by atoms with Crippen molar-refractivity contribution in [2.24, 2.45) is 0 Å². The minimum absolute atomic E-state index is 0.177. The molecule has 1 aromatic rings. The van der Waals surface area contributed by atoms with Gasteiger partial charge >= 0.3 is 17.8 Å². The molecule has 0 aromatic carbocycles. The number of amides is 1. The highest BCUT2D eigenvalue weighted by Gasteiger charge is 2.42. The van der Waals surface area contributed by atoms with Crippen molar-refractivity contribution >= 4 is 17.9 Å². The first kappa shape index (κ1) is 26.5. The van der Waals surface area contributed by atoms with Crippen LogP contribution in [0.1, 0.15) is 53.2 Å². The maximum absolute atomic E-state index is 14.1. The van der Waals surface area contributed by atoms with Gasteiger partial charge in [0.25, 0.3) is 0 Å². The lowest BCUT2D eigenvalue weighted by Crippen LogP contribution is -2.36. The van der Waals surface area contributed by atoms with E-state index in [-0.39, 0.29) is 12.6 Å². The minimum Gasteiger partial charge on any atom is -0.466 e. The third kappa shape index (κ3) is 8.23. The zero-order chi connectivity index (χ0) is 23.6. The van der Waals surface area contributed by atoms with Crippen molar-refractivity contribution < 1.29 is 38.4 Å². The van der Waals surface area contributed by atoms with E-state index in [1.54, 1.807) is 6.92 Å². The molecule has 2 rings (SSSR count). The highest BCUT2D eigenvalue weighted by Crippen LogP contribution is 2.28. The fraction of sp³-hybridized carbons (Fsp3) is 0.684. The Morgan fingerprint density at radius 2 is 1.94 bits per heavy atom. The molecule has 31 heavy (non-hydrogen) atoms. The second kappa shape index (κ2) is 13.0. The third-order valence-corrected chi connectivity index (χ3v) is 4.21. The fourth-order valence-electron chi connectivity index (χ4n) is 2.63. The summed E-state index contributed by atoms with van der Waals surface area (Å²) >= 11 is 0. The Morgan fingerprint density at radius 3 is 2.42 bits per heavy atom. The van der Waals surface area contributed by atoms with E-state index in [0.29, 0.717) is 13.0 Å². The Balaban J connectivity index is 0.000000703. The number of hydrogen-bond acceptors (Lipinski definition) is 9. The molecule has 2 heterocycles. The Hall–Kier alpha value is -2.57. The smallest absolute Gasteiger partial charge is 0.412 e. The zero-order valence-electron chi connectivity index (χ0n) is 18.0. The van der Waals surface area contributed by atoms with Crippen molar-refractivity contribution in [3.63, 3.8) is 0 Å². The Kier molecular flexibility index (Phi) is 11.1. The summed E-state index contributed by atoms with van der Waals surface area (Å²) in [6.45, 7) is 7.34. The number of anilines is 1. The van der Waals surface area contributed by atoms with Crippen molar-refractivity contribution in [3.8, 4) is 0 Å². The quantitative estimate of drug-likeness (QED) is 0.415. The molecular weight excluding hydrogens is 417 g/mol. The lowest BCUT2D eigenvalue weighted by molar-refractivity contribution is -0.140. The number of rotatable bonds is 7. The van der Waals surface area contributed by atoms with Crippen LogP contribution in [-0.2, 0) is 19.0 Å². The van der Waals surface area contributed by atoms with Gasteiger partial charge in [0.15, 0.2) is 17.9 Å². The van der Waals surface area contributed by atoms with Crippen molar-refractivity contribution in [1.82, 2.24) is 9.55 Å². The van der Waals surface area contributed by atoms with Gasteiger partial charge in [0.05, 0.1) is 25.5 Å². The summed E-state index contributed by atoms with van der Waals surface area (Å²) in [4.78, 5) is 36.9. The number of ether oxygens (including phenoxy) is 3. The molecule has 4 atom stereocenters. The number of aromatic nitrogens is 2. The molecule has 0 bridgehead atoms. The summed E-state index contributed by atoms with van der Waals surface area (Å²) in [5.74, 6) is -1.80. The molecule has 1 saturated heterocycles. The van der Waals surface area contributed by atoms with Gasteiger partial charge < -0.3 is 24.4 Å². The number of aliphatic hydroxyl groups is 2. The van der Waals surface area contributed by atoms with E-state index in [4.69, 9.17) is 9.47 Å². The molecule has 0 spiro atoms. The molecule has 11 nitrogen and oxygen atoms in total. The average Bonchev–Trinajstić information content (AvgIpc) is 2.95. The van der Waals surface area contributed by atoms with E-state index < -0.39 is 48.0 Å². The van der Waals surface area contributed by atoms with Gasteiger partial charge in [0.1, 0.15) is 12.2 Å². The topological polar surface area (TPSA) is 149 Å². The summed E-state index contributed by atoms with van der Waals surface area (Å²) in [6, 6.07) is 0. The molecule has 3 N–H and O–H groups in total. The zero-order valence-corrected chi connectivity index (χ0v) is 18.0. The minimum atomic E-state index is -1.41. The molecule has 0 saturated carbocycles. The van der Waals surface area contributed by atoms with Crippen molar-refractivity contribution in [1.29, 1.82) is 0 Å². The van der Waals surface area contributed by atoms with Crippen molar-refractivity contribution in [2.45, 2.75) is 71.5 Å². The molecule has 0 aliphatic carbocycles. The van der Waals surface area contributed by atoms with Gasteiger partial charge in [0, 0.05) is 6.92 Å². The number of nitrogens with one attached hydrogen (secondary N) is 1. The van der Waals surface area contributed by atoms with Crippen LogP contribution in [0.3, 0.4) is 0 Å². The molecule has 176 valence electrons. The Labute approximate surface area is 179 Å². The normalized spacial score (nSPS) is 22.3. The second-order valence-electron chi connectivity index (χ2n) is 6.73. The molecule has 0 unspecified atom stereocenters. The first-order valence-electron chi connectivity index (χ1n) is 9.99. The molecule has 12 heteroatoms. The number of carbonyl (C=O) groups is 2. The van der Waals surface area contributed by atoms with Gasteiger partial charge in [-0.3, -0.25) is 14.7 Å². The SMILES string of the molecule is CCCCCOC(=O)Nc1nc(=O)n([C@@H]2O[C@H](C)[C@@H](O)[C@H]2O)cc1F.CCOC(C)=O. The number of nitrogens with zero attached hydrogens (tertiary/aromatic N) is 2. The highest BCUT2D eigenvalue weighted by molar-refractivity contribution is 5.83. The van der Waals surface area contributed by atoms with Gasteiger partial charge in [-0.05, 0) is 20.3 Å². The van der Waals surface area contributed by atoms with Crippen LogP contribution in [0.4, 0.5) is 15.0 Å². The highest BCUT2D eigenvalue weighted by atomic mass is 19.1. The van der Waals surface area contributed by atoms with Gasteiger partial charge in [-0.15, -0.1) is 0 Å². The monoisotopic (exact) mass is 447 g/mol. The van der Waals surface area contributed by atoms with E-state index in [2.05, 4.69) is 15.0 Å². The first-order valence-corrected chi connectivity index (χ1v) is 9.99. The van der Waals surface area contributed by atoms with Crippen LogP contribution in [0.5, 0.6) is 0 Å². The molecule has 1 fully saturated rings. The van der Waals surface area contributed by atoms with Gasteiger partial charge in [-0.2, -0.15) is 4.98 Å². The van der Waals surface area contributed by atoms with Crippen LogP contribution in [0.25, 0.3) is 0 Å². The summed E-state index contributed by atoms with van der Waals surface area (Å²) in [5.41, 5.74) is -0.951. The van der Waals surface area contributed by atoms with Crippen LogP contribution in [0.2, 0.25) is 0 Å². The predicted molar refractivity (Wildman–Crippen MR) is 107 cm³/mol. The van der Waals surface area contributed by atoms with E-state index in [0.717, 1.165) is 23.6 Å². The Morgan fingerprint density at radius 1 is 1.26 bits per heavy atom. The van der Waals surface area contributed by atoms with Gasteiger partial charge in [0.2, 0.25) is 0 Å². The maximum Gasteiger partial charge on any atom is 0.412 e.